The van der Waals surface area contributed by atoms with Crippen molar-refractivity contribution < 1.29 is 4.74 Å². The third-order valence-corrected chi connectivity index (χ3v) is 4.95. The molecule has 0 bridgehead atoms. The first kappa shape index (κ1) is 19.8. The van der Waals surface area contributed by atoms with Crippen LogP contribution in [0, 0.1) is 13.8 Å². The molecule has 0 unspecified atom stereocenters. The smallest absolute Gasteiger partial charge is 0.138 e. The van der Waals surface area contributed by atoms with Crippen LogP contribution in [-0.4, -0.2) is 6.21 Å². The Balaban J connectivity index is 1.71. The van der Waals surface area contributed by atoms with Crippen LogP contribution in [0.5, 0.6) is 5.75 Å². The molecule has 0 aromatic heterocycles. The Morgan fingerprint density at radius 2 is 1.70 bits per heavy atom. The van der Waals surface area contributed by atoms with Crippen molar-refractivity contribution in [3.8, 4) is 5.75 Å². The van der Waals surface area contributed by atoms with Gasteiger partial charge >= 0.3 is 0 Å². The zero-order valence-corrected chi connectivity index (χ0v) is 17.2. The topological polar surface area (TPSA) is 21.6 Å². The predicted molar refractivity (Wildman–Crippen MR) is 115 cm³/mol. The molecule has 0 atom stereocenters. The van der Waals surface area contributed by atoms with Gasteiger partial charge in [0.2, 0.25) is 0 Å². The minimum atomic E-state index is 0.311. The van der Waals surface area contributed by atoms with Gasteiger partial charge in [-0.1, -0.05) is 53.0 Å². The Morgan fingerprint density at radius 3 is 2.44 bits per heavy atom. The molecule has 0 saturated carbocycles. The number of aliphatic imine (C=N–C) groups is 1. The van der Waals surface area contributed by atoms with Crippen LogP contribution in [0.1, 0.15) is 22.3 Å². The molecule has 138 valence electrons. The van der Waals surface area contributed by atoms with Crippen molar-refractivity contribution >= 4 is 46.7 Å². The lowest BCUT2D eigenvalue weighted by Crippen LogP contribution is -1.97. The van der Waals surface area contributed by atoms with E-state index in [0.29, 0.717) is 27.4 Å². The van der Waals surface area contributed by atoms with Gasteiger partial charge in [0.05, 0.1) is 10.7 Å². The molecule has 2 nitrogen and oxygen atoms in total. The Bertz CT molecular complexity index is 999. The van der Waals surface area contributed by atoms with Crippen LogP contribution in [0.4, 0.5) is 5.69 Å². The molecular weight excluding hydrogens is 401 g/mol. The van der Waals surface area contributed by atoms with Crippen LogP contribution in [0.3, 0.4) is 0 Å². The molecule has 5 heteroatoms. The maximum absolute atomic E-state index is 6.36. The molecule has 0 aliphatic heterocycles. The lowest BCUT2D eigenvalue weighted by atomic mass is 10.1. The van der Waals surface area contributed by atoms with Gasteiger partial charge in [0.15, 0.2) is 0 Å². The highest BCUT2D eigenvalue weighted by molar-refractivity contribution is 6.35. The minimum Gasteiger partial charge on any atom is -0.487 e. The number of aryl methyl sites for hydroxylation is 2. The van der Waals surface area contributed by atoms with E-state index in [1.807, 2.05) is 31.2 Å². The summed E-state index contributed by atoms with van der Waals surface area (Å²) < 4.78 is 5.79. The van der Waals surface area contributed by atoms with Gasteiger partial charge in [-0.2, -0.15) is 0 Å². The maximum Gasteiger partial charge on any atom is 0.138 e. The lowest BCUT2D eigenvalue weighted by Gasteiger charge is -2.10. The van der Waals surface area contributed by atoms with E-state index in [1.165, 1.54) is 5.56 Å². The number of ether oxygens (including phenoxy) is 1. The van der Waals surface area contributed by atoms with Crippen molar-refractivity contribution in [2.24, 2.45) is 4.99 Å². The summed E-state index contributed by atoms with van der Waals surface area (Å²) in [4.78, 5) is 4.57. The Kier molecular flexibility index (Phi) is 6.43. The summed E-state index contributed by atoms with van der Waals surface area (Å²) in [5.74, 6) is 0.589. The van der Waals surface area contributed by atoms with Crippen molar-refractivity contribution in [3.05, 3.63) is 91.9 Å². The van der Waals surface area contributed by atoms with Crippen LogP contribution < -0.4 is 4.74 Å². The molecular formula is C22H18Cl3NO. The number of hydrogen-bond acceptors (Lipinski definition) is 2. The minimum absolute atomic E-state index is 0.311. The Hall–Kier alpha value is -2.00. The van der Waals surface area contributed by atoms with Crippen LogP contribution in [0.25, 0.3) is 0 Å². The maximum atomic E-state index is 6.36. The van der Waals surface area contributed by atoms with Gasteiger partial charge in [-0.15, -0.1) is 0 Å². The molecule has 0 radical (unpaired) electrons. The van der Waals surface area contributed by atoms with E-state index in [-0.39, 0.29) is 0 Å². The standard InChI is InChI=1S/C22H18Cl3NO/c1-14-3-4-15(2)21(9-14)26-12-16-5-8-22(20(25)10-16)27-13-17-6-7-18(23)11-19(17)24/h3-12H,13H2,1-2H3. The van der Waals surface area contributed by atoms with Crippen LogP contribution in [0.15, 0.2) is 59.6 Å². The predicted octanol–water partition coefficient (Wildman–Crippen LogP) is 7.59. The number of rotatable bonds is 5. The van der Waals surface area contributed by atoms with E-state index in [2.05, 4.69) is 30.1 Å². The summed E-state index contributed by atoms with van der Waals surface area (Å²) in [5, 5.41) is 1.68. The van der Waals surface area contributed by atoms with Crippen LogP contribution in [0.2, 0.25) is 15.1 Å². The van der Waals surface area contributed by atoms with E-state index in [4.69, 9.17) is 39.5 Å². The number of benzene rings is 3. The van der Waals surface area contributed by atoms with Gasteiger partial charge in [-0.05, 0) is 66.9 Å². The van der Waals surface area contributed by atoms with Gasteiger partial charge in [0.25, 0.3) is 0 Å². The zero-order chi connectivity index (χ0) is 19.4. The molecule has 27 heavy (non-hydrogen) atoms. The number of nitrogens with zero attached hydrogens (tertiary/aromatic N) is 1. The highest BCUT2D eigenvalue weighted by atomic mass is 35.5. The monoisotopic (exact) mass is 417 g/mol. The average molecular weight is 419 g/mol. The van der Waals surface area contributed by atoms with E-state index < -0.39 is 0 Å². The van der Waals surface area contributed by atoms with Crippen molar-refractivity contribution in [1.29, 1.82) is 0 Å². The normalized spacial score (nSPS) is 11.1. The van der Waals surface area contributed by atoms with Gasteiger partial charge in [-0.25, -0.2) is 0 Å². The highest BCUT2D eigenvalue weighted by Crippen LogP contribution is 2.28. The highest BCUT2D eigenvalue weighted by Gasteiger charge is 2.06. The molecule has 0 N–H and O–H groups in total. The molecule has 0 spiro atoms. The van der Waals surface area contributed by atoms with Crippen LogP contribution >= 0.6 is 34.8 Å². The third-order valence-electron chi connectivity index (χ3n) is 4.07. The fourth-order valence-corrected chi connectivity index (χ4v) is 3.22. The SMILES string of the molecule is Cc1ccc(C)c(N=Cc2ccc(OCc3ccc(Cl)cc3Cl)c(Cl)c2)c1. The molecule has 3 aromatic carbocycles. The van der Waals surface area contributed by atoms with E-state index in [1.54, 1.807) is 18.3 Å². The van der Waals surface area contributed by atoms with E-state index >= 15 is 0 Å². The van der Waals surface area contributed by atoms with Gasteiger partial charge in [0, 0.05) is 21.8 Å². The van der Waals surface area contributed by atoms with Crippen LogP contribution in [-0.2, 0) is 6.61 Å². The first-order chi connectivity index (χ1) is 12.9. The second kappa shape index (κ2) is 8.79. The first-order valence-corrected chi connectivity index (χ1v) is 9.53. The summed E-state index contributed by atoms with van der Waals surface area (Å²) in [5.41, 5.74) is 5.00. The second-order valence-corrected chi connectivity index (χ2v) is 7.51. The Labute approximate surface area is 174 Å². The van der Waals surface area contributed by atoms with E-state index in [0.717, 1.165) is 22.4 Å². The zero-order valence-electron chi connectivity index (χ0n) is 15.0. The van der Waals surface area contributed by atoms with E-state index in [9.17, 15) is 0 Å². The fraction of sp³-hybridized carbons (Fsp3) is 0.136. The summed E-state index contributed by atoms with van der Waals surface area (Å²) in [6.45, 7) is 4.40. The third kappa shape index (κ3) is 5.26. The number of halogens is 3. The quantitative estimate of drug-likeness (QED) is 0.391. The largest absolute Gasteiger partial charge is 0.487 e. The lowest BCUT2D eigenvalue weighted by molar-refractivity contribution is 0.306. The summed E-state index contributed by atoms with van der Waals surface area (Å²) in [7, 11) is 0. The molecule has 0 heterocycles. The van der Waals surface area contributed by atoms with Crippen molar-refractivity contribution in [1.82, 2.24) is 0 Å². The van der Waals surface area contributed by atoms with Crippen molar-refractivity contribution in [3.63, 3.8) is 0 Å². The second-order valence-electron chi connectivity index (χ2n) is 6.26. The average Bonchev–Trinajstić information content (AvgIpc) is 2.63. The van der Waals surface area contributed by atoms with Gasteiger partial charge < -0.3 is 4.74 Å². The molecule has 0 saturated heterocycles. The first-order valence-electron chi connectivity index (χ1n) is 8.40. The summed E-state index contributed by atoms with van der Waals surface area (Å²) >= 11 is 18.4. The summed E-state index contributed by atoms with van der Waals surface area (Å²) in [6, 6.07) is 17.1. The molecule has 3 aromatic rings. The molecule has 0 fully saturated rings. The van der Waals surface area contributed by atoms with Gasteiger partial charge in [0.1, 0.15) is 12.4 Å². The van der Waals surface area contributed by atoms with Gasteiger partial charge in [-0.3, -0.25) is 4.99 Å². The number of hydrogen-bond donors (Lipinski definition) is 0. The molecule has 0 aliphatic carbocycles. The molecule has 3 rings (SSSR count). The fourth-order valence-electron chi connectivity index (χ4n) is 2.51. The summed E-state index contributed by atoms with van der Waals surface area (Å²) in [6.07, 6.45) is 1.80. The van der Waals surface area contributed by atoms with Crippen molar-refractivity contribution in [2.75, 3.05) is 0 Å². The Morgan fingerprint density at radius 1 is 0.889 bits per heavy atom. The van der Waals surface area contributed by atoms with Crippen molar-refractivity contribution in [2.45, 2.75) is 20.5 Å². The molecule has 0 aliphatic rings. The molecule has 0 amide bonds.